The molecule has 1 N–H and O–H groups in total. The lowest BCUT2D eigenvalue weighted by Gasteiger charge is -2.11. The second-order valence-corrected chi connectivity index (χ2v) is 8.86. The van der Waals surface area contributed by atoms with Gasteiger partial charge in [0.15, 0.2) is 0 Å². The van der Waals surface area contributed by atoms with Gasteiger partial charge in [0.2, 0.25) is 10.0 Å². The van der Waals surface area contributed by atoms with Gasteiger partial charge in [-0.3, -0.25) is 0 Å². The SMILES string of the molecule is CCc1ccc(S(=O)(=O)NCCSc2ccc(OC(F)(F)F)cc2)cc1C(=O)OC. The van der Waals surface area contributed by atoms with Crippen molar-refractivity contribution < 1.29 is 35.9 Å². The van der Waals surface area contributed by atoms with E-state index in [0.29, 0.717) is 22.6 Å². The Morgan fingerprint density at radius 1 is 1.13 bits per heavy atom. The summed E-state index contributed by atoms with van der Waals surface area (Å²) in [6.07, 6.45) is -4.21. The Kier molecular flexibility index (Phi) is 8.16. The number of hydrogen-bond donors (Lipinski definition) is 1. The molecule has 0 aliphatic heterocycles. The number of rotatable bonds is 9. The molecular formula is C19H20F3NO5S2. The molecule has 30 heavy (non-hydrogen) atoms. The van der Waals surface area contributed by atoms with Gasteiger partial charge in [0.25, 0.3) is 0 Å². The normalized spacial score (nSPS) is 11.9. The smallest absolute Gasteiger partial charge is 0.465 e. The maximum Gasteiger partial charge on any atom is 0.573 e. The first-order valence-electron chi connectivity index (χ1n) is 8.75. The predicted octanol–water partition coefficient (Wildman–Crippen LogP) is 4.00. The van der Waals surface area contributed by atoms with Crippen molar-refractivity contribution in [3.8, 4) is 5.75 Å². The van der Waals surface area contributed by atoms with Gasteiger partial charge in [0, 0.05) is 17.2 Å². The Hall–Kier alpha value is -2.24. The molecule has 0 saturated carbocycles. The van der Waals surface area contributed by atoms with E-state index in [4.69, 9.17) is 4.74 Å². The van der Waals surface area contributed by atoms with Crippen LogP contribution in [0.3, 0.4) is 0 Å². The first-order valence-corrected chi connectivity index (χ1v) is 11.2. The maximum atomic E-state index is 12.5. The standard InChI is InChI=1S/C19H20F3NO5S2/c1-3-13-4-9-16(12-17(13)18(24)27-2)30(25,26)23-10-11-29-15-7-5-14(6-8-15)28-19(20,21)22/h4-9,12,23H,3,10-11H2,1-2H3. The summed E-state index contributed by atoms with van der Waals surface area (Å²) in [6.45, 7) is 1.92. The van der Waals surface area contributed by atoms with Crippen LogP contribution in [0.2, 0.25) is 0 Å². The Labute approximate surface area is 176 Å². The van der Waals surface area contributed by atoms with E-state index in [-0.39, 0.29) is 22.8 Å². The molecule has 0 atom stereocenters. The lowest BCUT2D eigenvalue weighted by molar-refractivity contribution is -0.274. The summed E-state index contributed by atoms with van der Waals surface area (Å²) in [4.78, 5) is 12.5. The minimum atomic E-state index is -4.75. The average Bonchev–Trinajstić information content (AvgIpc) is 2.70. The van der Waals surface area contributed by atoms with E-state index in [1.165, 1.54) is 55.3 Å². The van der Waals surface area contributed by atoms with Crippen molar-refractivity contribution in [3.05, 3.63) is 53.6 Å². The molecule has 0 spiro atoms. The summed E-state index contributed by atoms with van der Waals surface area (Å²) < 4.78 is 72.4. The van der Waals surface area contributed by atoms with Crippen LogP contribution in [-0.2, 0) is 21.2 Å². The van der Waals surface area contributed by atoms with Gasteiger partial charge >= 0.3 is 12.3 Å². The summed E-state index contributed by atoms with van der Waals surface area (Å²) in [5.74, 6) is -0.600. The van der Waals surface area contributed by atoms with Gasteiger partial charge in [0.05, 0.1) is 17.6 Å². The van der Waals surface area contributed by atoms with Crippen LogP contribution in [0.25, 0.3) is 0 Å². The first-order chi connectivity index (χ1) is 14.1. The van der Waals surface area contributed by atoms with Crippen molar-refractivity contribution in [1.82, 2.24) is 4.72 Å². The van der Waals surface area contributed by atoms with Crippen LogP contribution < -0.4 is 9.46 Å². The van der Waals surface area contributed by atoms with Crippen molar-refractivity contribution in [3.63, 3.8) is 0 Å². The number of halogens is 3. The molecule has 11 heteroatoms. The minimum Gasteiger partial charge on any atom is -0.465 e. The van der Waals surface area contributed by atoms with Crippen LogP contribution in [0.4, 0.5) is 13.2 Å². The van der Waals surface area contributed by atoms with Crippen LogP contribution >= 0.6 is 11.8 Å². The van der Waals surface area contributed by atoms with Crippen LogP contribution in [0.15, 0.2) is 52.3 Å². The Bertz CT molecular complexity index is 977. The fraction of sp³-hybridized carbons (Fsp3) is 0.316. The third-order valence-electron chi connectivity index (χ3n) is 3.90. The molecule has 0 aromatic heterocycles. The molecule has 0 radical (unpaired) electrons. The Balaban J connectivity index is 1.95. The van der Waals surface area contributed by atoms with Crippen LogP contribution in [0.5, 0.6) is 5.75 Å². The molecule has 164 valence electrons. The molecule has 0 unspecified atom stereocenters. The first kappa shape index (κ1) is 24.0. The fourth-order valence-corrected chi connectivity index (χ4v) is 4.45. The van der Waals surface area contributed by atoms with Gasteiger partial charge in [-0.1, -0.05) is 13.0 Å². The number of sulfonamides is 1. The summed E-state index contributed by atoms with van der Waals surface area (Å²) in [7, 11) is -2.62. The van der Waals surface area contributed by atoms with Gasteiger partial charge < -0.3 is 9.47 Å². The number of aryl methyl sites for hydroxylation is 1. The number of carbonyl (C=O) groups excluding carboxylic acids is 1. The summed E-state index contributed by atoms with van der Waals surface area (Å²) in [5, 5.41) is 0. The maximum absolute atomic E-state index is 12.5. The van der Waals surface area contributed by atoms with E-state index < -0.39 is 22.4 Å². The highest BCUT2D eigenvalue weighted by molar-refractivity contribution is 7.99. The highest BCUT2D eigenvalue weighted by Crippen LogP contribution is 2.26. The average molecular weight is 463 g/mol. The lowest BCUT2D eigenvalue weighted by atomic mass is 10.1. The number of thioether (sulfide) groups is 1. The van der Waals surface area contributed by atoms with E-state index in [1.807, 2.05) is 6.92 Å². The lowest BCUT2D eigenvalue weighted by Crippen LogP contribution is -2.26. The molecular weight excluding hydrogens is 443 g/mol. The zero-order valence-electron chi connectivity index (χ0n) is 16.2. The number of hydrogen-bond acceptors (Lipinski definition) is 6. The number of carbonyl (C=O) groups is 1. The molecule has 2 aromatic carbocycles. The molecule has 2 aromatic rings. The second kappa shape index (κ2) is 10.2. The van der Waals surface area contributed by atoms with Gasteiger partial charge in [0.1, 0.15) is 5.75 Å². The zero-order chi connectivity index (χ0) is 22.4. The second-order valence-electron chi connectivity index (χ2n) is 5.93. The summed E-state index contributed by atoms with van der Waals surface area (Å²) in [6, 6.07) is 9.53. The Morgan fingerprint density at radius 3 is 2.37 bits per heavy atom. The number of methoxy groups -OCH3 is 1. The van der Waals surface area contributed by atoms with Crippen molar-refractivity contribution >= 4 is 27.8 Å². The molecule has 0 saturated heterocycles. The van der Waals surface area contributed by atoms with E-state index >= 15 is 0 Å². The highest BCUT2D eigenvalue weighted by atomic mass is 32.2. The number of nitrogens with one attached hydrogen (secondary N) is 1. The highest BCUT2D eigenvalue weighted by Gasteiger charge is 2.30. The zero-order valence-corrected chi connectivity index (χ0v) is 17.8. The third kappa shape index (κ3) is 6.92. The molecule has 0 aliphatic rings. The number of ether oxygens (including phenoxy) is 2. The molecule has 0 bridgehead atoms. The quantitative estimate of drug-likeness (QED) is 0.344. The van der Waals surface area contributed by atoms with E-state index in [1.54, 1.807) is 6.07 Å². The summed E-state index contributed by atoms with van der Waals surface area (Å²) in [5.41, 5.74) is 0.868. The minimum absolute atomic E-state index is 0.0567. The van der Waals surface area contributed by atoms with Crippen molar-refractivity contribution in [1.29, 1.82) is 0 Å². The Morgan fingerprint density at radius 2 is 1.80 bits per heavy atom. The van der Waals surface area contributed by atoms with Gasteiger partial charge in [-0.15, -0.1) is 24.9 Å². The molecule has 0 amide bonds. The van der Waals surface area contributed by atoms with Crippen LogP contribution in [0.1, 0.15) is 22.8 Å². The summed E-state index contributed by atoms with van der Waals surface area (Å²) >= 11 is 1.26. The largest absolute Gasteiger partial charge is 0.573 e. The van der Waals surface area contributed by atoms with Crippen molar-refractivity contribution in [2.24, 2.45) is 0 Å². The number of alkyl halides is 3. The topological polar surface area (TPSA) is 81.7 Å². The predicted molar refractivity (Wildman–Crippen MR) is 106 cm³/mol. The molecule has 2 rings (SSSR count). The molecule has 0 fully saturated rings. The van der Waals surface area contributed by atoms with Crippen molar-refractivity contribution in [2.75, 3.05) is 19.4 Å². The molecule has 0 aliphatic carbocycles. The van der Waals surface area contributed by atoms with Gasteiger partial charge in [-0.05, 0) is 48.4 Å². The third-order valence-corrected chi connectivity index (χ3v) is 6.37. The van der Waals surface area contributed by atoms with Crippen molar-refractivity contribution in [2.45, 2.75) is 29.5 Å². The molecule has 0 heterocycles. The number of benzene rings is 2. The van der Waals surface area contributed by atoms with E-state index in [2.05, 4.69) is 9.46 Å². The molecule has 6 nitrogen and oxygen atoms in total. The van der Waals surface area contributed by atoms with E-state index in [0.717, 1.165) is 0 Å². The number of esters is 1. The van der Waals surface area contributed by atoms with Gasteiger partial charge in [-0.25, -0.2) is 17.9 Å². The fourth-order valence-electron chi connectivity index (χ4n) is 2.50. The van der Waals surface area contributed by atoms with Crippen LogP contribution in [-0.4, -0.2) is 40.2 Å². The van der Waals surface area contributed by atoms with Gasteiger partial charge in [-0.2, -0.15) is 0 Å². The van der Waals surface area contributed by atoms with E-state index in [9.17, 15) is 26.4 Å². The van der Waals surface area contributed by atoms with Crippen LogP contribution in [0, 0.1) is 0 Å². The monoisotopic (exact) mass is 463 g/mol.